The maximum atomic E-state index is 14.1. The molecule has 10 aromatic carbocycles. The Hall–Kier alpha value is -9.05. The molecule has 20 heteroatoms. The van der Waals surface area contributed by atoms with Crippen LogP contribution in [0.4, 0.5) is 0 Å². The Kier molecular flexibility index (Phi) is 31.2. The molecule has 4 fully saturated rings. The zero-order chi connectivity index (χ0) is 79.5. The average molecular weight is 1580 g/mol. The van der Waals surface area contributed by atoms with Gasteiger partial charge in [0.1, 0.15) is 85.4 Å². The van der Waals surface area contributed by atoms with E-state index in [9.17, 15) is 9.90 Å². The molecule has 20 atom stereocenters. The van der Waals surface area contributed by atoms with Crippen LogP contribution >= 0.6 is 0 Å². The zero-order valence-corrected chi connectivity index (χ0v) is 65.7. The number of hydrogen-bond acceptors (Lipinski definition) is 19. The van der Waals surface area contributed by atoms with Crippen molar-refractivity contribution < 1.29 is 90.4 Å². The van der Waals surface area contributed by atoms with Crippen molar-refractivity contribution in [3.8, 4) is 0 Å². The summed E-state index contributed by atoms with van der Waals surface area (Å²) in [6, 6.07) is 97.2. The van der Waals surface area contributed by atoms with Crippen molar-refractivity contribution >= 4 is 5.91 Å². The fourth-order valence-electron chi connectivity index (χ4n) is 15.1. The third-order valence-electron chi connectivity index (χ3n) is 21.0. The minimum Gasteiger partial charge on any atom is -0.374 e. The molecule has 4 aliphatic heterocycles. The van der Waals surface area contributed by atoms with Gasteiger partial charge in [0, 0.05) is 6.92 Å². The normalized spacial score (nSPS) is 27.4. The number of ether oxygens (including phenoxy) is 17. The molecule has 20 unspecified atom stereocenters. The van der Waals surface area contributed by atoms with Crippen LogP contribution in [0.25, 0.3) is 0 Å². The van der Waals surface area contributed by atoms with Gasteiger partial charge in [-0.05, 0) is 69.5 Å². The van der Waals surface area contributed by atoms with Crippen LogP contribution in [0.3, 0.4) is 0 Å². The van der Waals surface area contributed by atoms with Gasteiger partial charge in [-0.3, -0.25) is 4.79 Å². The summed E-state index contributed by atoms with van der Waals surface area (Å²) in [4.78, 5) is 14.1. The van der Waals surface area contributed by atoms with Crippen molar-refractivity contribution in [2.45, 2.75) is 210 Å². The number of carbonyl (C=O) groups excluding carboxylic acids is 1. The molecule has 4 saturated heterocycles. The minimum atomic E-state index is -1.76. The molecule has 10 aromatic rings. The number of amides is 1. The number of aliphatic hydroxyl groups excluding tert-OH is 1. The molecule has 1 amide bonds. The zero-order valence-electron chi connectivity index (χ0n) is 65.7. The van der Waals surface area contributed by atoms with E-state index in [1.54, 1.807) is 0 Å². The highest BCUT2D eigenvalue weighted by atomic mass is 16.8. The van der Waals surface area contributed by atoms with Crippen LogP contribution < -0.4 is 5.32 Å². The van der Waals surface area contributed by atoms with Crippen LogP contribution in [0.15, 0.2) is 303 Å². The molecule has 0 bridgehead atoms. The van der Waals surface area contributed by atoms with E-state index in [1.807, 2.05) is 317 Å². The van der Waals surface area contributed by atoms with Gasteiger partial charge in [-0.2, -0.15) is 0 Å². The van der Waals surface area contributed by atoms with Gasteiger partial charge in [-0.1, -0.05) is 303 Å². The number of carbonyl (C=O) groups is 1. The number of rotatable bonds is 39. The lowest BCUT2D eigenvalue weighted by molar-refractivity contribution is -0.402. The Morgan fingerprint density at radius 1 is 0.276 bits per heavy atom. The van der Waals surface area contributed by atoms with Gasteiger partial charge in [0.2, 0.25) is 5.91 Å². The highest BCUT2D eigenvalue weighted by Gasteiger charge is 2.59. The summed E-state index contributed by atoms with van der Waals surface area (Å²) in [7, 11) is 0. The smallest absolute Gasteiger partial charge is 0.217 e. The molecular formula is C96H105NO19. The summed E-state index contributed by atoms with van der Waals surface area (Å²) in [6.07, 6.45) is -21.5. The second-order valence-electron chi connectivity index (χ2n) is 29.6. The summed E-state index contributed by atoms with van der Waals surface area (Å²) < 4.78 is 124. The molecular weight excluding hydrogens is 1470 g/mol. The number of nitrogens with one attached hydrogen (secondary N) is 1. The second-order valence-corrected chi connectivity index (χ2v) is 29.6. The first-order chi connectivity index (χ1) is 57.1. The Bertz CT molecular complexity index is 4410. The van der Waals surface area contributed by atoms with Crippen LogP contribution in [0.1, 0.15) is 76.4 Å². The predicted molar refractivity (Wildman–Crippen MR) is 433 cm³/mol. The fourth-order valence-corrected chi connectivity index (χ4v) is 15.1. The van der Waals surface area contributed by atoms with Gasteiger partial charge < -0.3 is 90.9 Å². The monoisotopic (exact) mass is 1580 g/mol. The highest BCUT2D eigenvalue weighted by molar-refractivity contribution is 5.73. The van der Waals surface area contributed by atoms with Crippen molar-refractivity contribution in [2.24, 2.45) is 0 Å². The van der Waals surface area contributed by atoms with E-state index in [0.29, 0.717) is 0 Å². The van der Waals surface area contributed by atoms with Gasteiger partial charge in [0.25, 0.3) is 0 Å². The van der Waals surface area contributed by atoms with E-state index in [0.717, 1.165) is 55.6 Å². The van der Waals surface area contributed by atoms with Crippen molar-refractivity contribution in [1.82, 2.24) is 5.32 Å². The maximum Gasteiger partial charge on any atom is 0.217 e. The largest absolute Gasteiger partial charge is 0.374 e. The van der Waals surface area contributed by atoms with Crippen molar-refractivity contribution in [2.75, 3.05) is 13.2 Å². The topological polar surface area (TPSA) is 206 Å². The first-order valence-corrected chi connectivity index (χ1v) is 40.1. The average Bonchev–Trinajstić information content (AvgIpc) is 0.758. The standard InChI is InChI=1S/C96H105NO19/c1-66-82(102-56-71-38-18-6-19-39-71)87(105-59-74-44-24-9-25-45-74)90(108-62-77-50-30-12-31-51-77)94(110-66)115-86-81(97-68(3)98)93(99)112-80(65-101-55-70-36-16-5-17-37-70)85(86)114-96-92(89(107-61-76-48-28-11-29-49-76)84(104-58-73-42-22-8-23-43-73)79(113-96)64-100-54-69-34-14-4-15-35-69)116-95-91(109-63-78-52-32-13-33-53-78)88(106-60-75-46-26-10-27-47-75)83(67(2)111-95)103-57-72-40-20-7-21-41-72/h4-53,66-67,79-96,99H,54-65H2,1-3H3,(H,97,98). The van der Waals surface area contributed by atoms with Gasteiger partial charge in [0.15, 0.2) is 25.2 Å². The van der Waals surface area contributed by atoms with Gasteiger partial charge in [-0.25, -0.2) is 0 Å². The molecule has 4 heterocycles. The Morgan fingerprint density at radius 2 is 0.509 bits per heavy atom. The lowest BCUT2D eigenvalue weighted by Crippen LogP contribution is -2.70. The number of aliphatic hydroxyl groups is 1. The van der Waals surface area contributed by atoms with Crippen LogP contribution in [-0.4, -0.2) is 147 Å². The van der Waals surface area contributed by atoms with E-state index in [4.69, 9.17) is 80.5 Å². The molecule has 2 N–H and O–H groups in total. The number of hydrogen-bond donors (Lipinski definition) is 2. The molecule has 0 aromatic heterocycles. The van der Waals surface area contributed by atoms with E-state index in [-0.39, 0.29) is 79.3 Å². The van der Waals surface area contributed by atoms with Gasteiger partial charge in [0.05, 0.1) is 91.5 Å². The molecule has 608 valence electrons. The Labute approximate surface area is 679 Å². The molecule has 0 saturated carbocycles. The van der Waals surface area contributed by atoms with Crippen LogP contribution in [-0.2, 0) is 151 Å². The maximum absolute atomic E-state index is 14.1. The Balaban J connectivity index is 0.913. The van der Waals surface area contributed by atoms with E-state index < -0.39 is 129 Å². The van der Waals surface area contributed by atoms with E-state index >= 15 is 0 Å². The summed E-state index contributed by atoms with van der Waals surface area (Å²) >= 11 is 0. The van der Waals surface area contributed by atoms with Crippen molar-refractivity contribution in [1.29, 1.82) is 0 Å². The van der Waals surface area contributed by atoms with Crippen molar-refractivity contribution in [3.63, 3.8) is 0 Å². The molecule has 0 radical (unpaired) electrons. The molecule has 0 aliphatic carbocycles. The van der Waals surface area contributed by atoms with Crippen LogP contribution in [0, 0.1) is 0 Å². The molecule has 14 rings (SSSR count). The lowest BCUT2D eigenvalue weighted by Gasteiger charge is -2.52. The van der Waals surface area contributed by atoms with E-state index in [2.05, 4.69) is 5.32 Å². The lowest BCUT2D eigenvalue weighted by atomic mass is 9.93. The Morgan fingerprint density at radius 3 is 0.810 bits per heavy atom. The first-order valence-electron chi connectivity index (χ1n) is 40.1. The van der Waals surface area contributed by atoms with Crippen molar-refractivity contribution in [3.05, 3.63) is 359 Å². The van der Waals surface area contributed by atoms with Crippen LogP contribution in [0.5, 0.6) is 0 Å². The first kappa shape index (κ1) is 83.4. The molecule has 4 aliphatic rings. The molecule has 116 heavy (non-hydrogen) atoms. The predicted octanol–water partition coefficient (Wildman–Crippen LogP) is 14.7. The summed E-state index contributed by atoms with van der Waals surface area (Å²) in [5, 5.41) is 15.9. The third-order valence-corrected chi connectivity index (χ3v) is 21.0. The van der Waals surface area contributed by atoms with E-state index in [1.165, 1.54) is 6.92 Å². The second kappa shape index (κ2) is 43.4. The minimum absolute atomic E-state index is 0.0467. The summed E-state index contributed by atoms with van der Waals surface area (Å²) in [6.45, 7) is 6.35. The van der Waals surface area contributed by atoms with Gasteiger partial charge >= 0.3 is 0 Å². The summed E-state index contributed by atoms with van der Waals surface area (Å²) in [5.41, 5.74) is 8.93. The summed E-state index contributed by atoms with van der Waals surface area (Å²) in [5.74, 6) is -0.518. The number of benzene rings is 10. The van der Waals surface area contributed by atoms with Crippen LogP contribution in [0.2, 0.25) is 0 Å². The fraction of sp³-hybridized carbons (Fsp3) is 0.365. The SMILES string of the molecule is CC(=O)NC1C(O)OC(COCc2ccccc2)C(OC2OC(COCc3ccccc3)C(OCc3ccccc3)C(OCc3ccccc3)C2OC2OC(C)C(OCc3ccccc3)C(OCc3ccccc3)C2OCc2ccccc2)C1OC1OC(C)C(OCc2ccccc2)C(OCc2ccccc2)C1OCc1ccccc1. The molecule has 0 spiro atoms. The third kappa shape index (κ3) is 23.7. The van der Waals surface area contributed by atoms with Gasteiger partial charge in [-0.15, -0.1) is 0 Å². The quantitative estimate of drug-likeness (QED) is 0.0367. The molecule has 20 nitrogen and oxygen atoms in total. The highest BCUT2D eigenvalue weighted by Crippen LogP contribution is 2.41.